The van der Waals surface area contributed by atoms with Crippen LogP contribution < -0.4 is 5.32 Å². The normalized spacial score (nSPS) is 13.3. The molecule has 6 nitrogen and oxygen atoms in total. The predicted molar refractivity (Wildman–Crippen MR) is 130 cm³/mol. The first-order chi connectivity index (χ1) is 16.9. The number of imidazole rings is 1. The first kappa shape index (κ1) is 21.2. The van der Waals surface area contributed by atoms with Crippen molar-refractivity contribution in [2.75, 3.05) is 5.32 Å². The minimum absolute atomic E-state index is 0.0198. The molecule has 5 aromatic rings. The summed E-state index contributed by atoms with van der Waals surface area (Å²) >= 11 is 0. The van der Waals surface area contributed by atoms with Crippen molar-refractivity contribution in [2.24, 2.45) is 13.0 Å². The summed E-state index contributed by atoms with van der Waals surface area (Å²) in [4.78, 5) is 17.0. The fourth-order valence-corrected chi connectivity index (χ4v) is 4.26. The zero-order chi connectivity index (χ0) is 24.1. The molecule has 1 aliphatic rings. The van der Waals surface area contributed by atoms with Crippen molar-refractivity contribution in [3.05, 3.63) is 85.0 Å². The average Bonchev–Trinajstić information content (AvgIpc) is 3.47. The maximum absolute atomic E-state index is 14.7. The number of pyridine rings is 1. The molecule has 2 aromatic carbocycles. The summed E-state index contributed by atoms with van der Waals surface area (Å²) in [5.41, 5.74) is 5.59. The summed E-state index contributed by atoms with van der Waals surface area (Å²) in [6, 6.07) is 12.8. The van der Waals surface area contributed by atoms with Crippen LogP contribution in [0.2, 0.25) is 0 Å². The topological polar surface area (TPSA) is 64.2 Å². The van der Waals surface area contributed by atoms with Gasteiger partial charge in [-0.05, 0) is 66.4 Å². The second-order valence-corrected chi connectivity index (χ2v) is 8.88. The number of fused-ring (bicyclic) bond motifs is 1. The van der Waals surface area contributed by atoms with Gasteiger partial charge in [-0.25, -0.2) is 13.8 Å². The van der Waals surface area contributed by atoms with Crippen LogP contribution in [-0.4, -0.2) is 25.1 Å². The summed E-state index contributed by atoms with van der Waals surface area (Å²) in [5.74, 6) is -1.34. The van der Waals surface area contributed by atoms with Crippen molar-refractivity contribution in [3.63, 3.8) is 0 Å². The Bertz CT molecular complexity index is 1600. The van der Waals surface area contributed by atoms with E-state index in [1.54, 1.807) is 23.1 Å². The molecule has 1 amide bonds. The molecule has 0 aliphatic heterocycles. The highest BCUT2D eigenvalue weighted by atomic mass is 19.1. The van der Waals surface area contributed by atoms with Gasteiger partial charge in [0.25, 0.3) is 0 Å². The fraction of sp³-hybridized carbons (Fsp3) is 0.148. The minimum atomic E-state index is -0.666. The molecule has 3 heterocycles. The van der Waals surface area contributed by atoms with Gasteiger partial charge in [0.2, 0.25) is 5.91 Å². The van der Waals surface area contributed by atoms with E-state index in [-0.39, 0.29) is 17.4 Å². The molecule has 0 spiro atoms. The number of hydrogen-bond acceptors (Lipinski definition) is 3. The maximum atomic E-state index is 14.7. The number of halogens is 2. The third kappa shape index (κ3) is 4.07. The first-order valence-electron chi connectivity index (χ1n) is 11.3. The Morgan fingerprint density at radius 3 is 2.54 bits per heavy atom. The Labute approximate surface area is 199 Å². The van der Waals surface area contributed by atoms with Gasteiger partial charge in [-0.15, -0.1) is 0 Å². The fourth-order valence-electron chi connectivity index (χ4n) is 4.26. The number of aromatic nitrogens is 4. The zero-order valence-electron chi connectivity index (χ0n) is 18.9. The van der Waals surface area contributed by atoms with Crippen LogP contribution in [0, 0.1) is 17.6 Å². The van der Waals surface area contributed by atoms with Crippen molar-refractivity contribution in [1.82, 2.24) is 19.2 Å². The van der Waals surface area contributed by atoms with E-state index in [9.17, 15) is 13.6 Å². The van der Waals surface area contributed by atoms with E-state index in [2.05, 4.69) is 15.4 Å². The first-order valence-corrected chi connectivity index (χ1v) is 11.3. The third-order valence-corrected chi connectivity index (χ3v) is 6.24. The molecular formula is C27H21F2N5O. The van der Waals surface area contributed by atoms with Crippen molar-refractivity contribution < 1.29 is 13.6 Å². The van der Waals surface area contributed by atoms with Crippen molar-refractivity contribution in [2.45, 2.75) is 12.8 Å². The van der Waals surface area contributed by atoms with Crippen LogP contribution >= 0.6 is 0 Å². The highest BCUT2D eigenvalue weighted by Crippen LogP contribution is 2.35. The Balaban J connectivity index is 1.45. The van der Waals surface area contributed by atoms with E-state index in [0.29, 0.717) is 11.3 Å². The quantitative estimate of drug-likeness (QED) is 0.359. The molecule has 8 heteroatoms. The smallest absolute Gasteiger partial charge is 0.227 e. The van der Waals surface area contributed by atoms with Crippen LogP contribution in [0.4, 0.5) is 14.5 Å². The number of benzene rings is 2. The van der Waals surface area contributed by atoms with Gasteiger partial charge in [0, 0.05) is 53.8 Å². The van der Waals surface area contributed by atoms with Gasteiger partial charge in [-0.3, -0.25) is 13.9 Å². The van der Waals surface area contributed by atoms with E-state index in [1.807, 2.05) is 48.1 Å². The second-order valence-electron chi connectivity index (χ2n) is 8.88. The number of rotatable bonds is 5. The van der Waals surface area contributed by atoms with Gasteiger partial charge in [0.1, 0.15) is 17.3 Å². The van der Waals surface area contributed by atoms with Crippen LogP contribution in [0.1, 0.15) is 12.8 Å². The van der Waals surface area contributed by atoms with Crippen molar-refractivity contribution in [3.8, 4) is 33.5 Å². The van der Waals surface area contributed by atoms with E-state index >= 15 is 0 Å². The van der Waals surface area contributed by atoms with E-state index in [1.165, 1.54) is 12.1 Å². The summed E-state index contributed by atoms with van der Waals surface area (Å²) in [6.07, 6.45) is 9.15. The number of hydrogen-bond donors (Lipinski definition) is 1. The van der Waals surface area contributed by atoms with Gasteiger partial charge in [0.05, 0.1) is 18.1 Å². The number of anilines is 1. The molecular weight excluding hydrogens is 448 g/mol. The van der Waals surface area contributed by atoms with E-state index in [4.69, 9.17) is 0 Å². The molecule has 0 radical (unpaired) electrons. The highest BCUT2D eigenvalue weighted by Gasteiger charge is 2.29. The van der Waals surface area contributed by atoms with Crippen LogP contribution in [0.15, 0.2) is 73.3 Å². The standard InChI is InChI=1S/C27H21F2N5O/c1-33-15-20(13-31-33)17-6-7-34-25(14-30-26(34)11-17)19-8-18(23-5-4-21(28)12-24(23)29)9-22(10-19)32-27(35)16-2-3-16/h4-16H,2-3H2,1H3,(H,32,35). The van der Waals surface area contributed by atoms with Crippen molar-refractivity contribution in [1.29, 1.82) is 0 Å². The number of carbonyl (C=O) groups excluding carboxylic acids is 1. The van der Waals surface area contributed by atoms with Gasteiger partial charge >= 0.3 is 0 Å². The second kappa shape index (κ2) is 8.16. The lowest BCUT2D eigenvalue weighted by atomic mass is 10.00. The lowest BCUT2D eigenvalue weighted by Crippen LogP contribution is -2.13. The predicted octanol–water partition coefficient (Wildman–Crippen LogP) is 5.70. The van der Waals surface area contributed by atoms with Crippen LogP contribution in [0.5, 0.6) is 0 Å². The van der Waals surface area contributed by atoms with Gasteiger partial charge in [-0.1, -0.05) is 0 Å². The molecule has 1 aliphatic carbocycles. The van der Waals surface area contributed by atoms with E-state index in [0.717, 1.165) is 46.9 Å². The molecule has 35 heavy (non-hydrogen) atoms. The average molecular weight is 469 g/mol. The molecule has 1 N–H and O–H groups in total. The summed E-state index contributed by atoms with van der Waals surface area (Å²) in [5, 5.41) is 7.18. The van der Waals surface area contributed by atoms with Crippen molar-refractivity contribution >= 4 is 17.2 Å². The number of nitrogens with zero attached hydrogens (tertiary/aromatic N) is 4. The van der Waals surface area contributed by atoms with E-state index < -0.39 is 11.6 Å². The molecule has 0 unspecified atom stereocenters. The minimum Gasteiger partial charge on any atom is -0.326 e. The molecule has 6 rings (SSSR count). The molecule has 0 saturated heterocycles. The number of amides is 1. The number of nitrogens with one attached hydrogen (secondary N) is 1. The Morgan fingerprint density at radius 2 is 1.80 bits per heavy atom. The van der Waals surface area contributed by atoms with Crippen LogP contribution in [0.25, 0.3) is 39.2 Å². The molecule has 1 saturated carbocycles. The number of carbonyl (C=O) groups is 1. The van der Waals surface area contributed by atoms with Gasteiger partial charge in [0.15, 0.2) is 0 Å². The highest BCUT2D eigenvalue weighted by molar-refractivity contribution is 5.95. The van der Waals surface area contributed by atoms with Gasteiger partial charge in [-0.2, -0.15) is 5.10 Å². The Kier molecular flexibility index (Phi) is 4.95. The van der Waals surface area contributed by atoms with Crippen LogP contribution in [-0.2, 0) is 11.8 Å². The van der Waals surface area contributed by atoms with Gasteiger partial charge < -0.3 is 5.32 Å². The largest absolute Gasteiger partial charge is 0.326 e. The zero-order valence-corrected chi connectivity index (χ0v) is 18.9. The summed E-state index contributed by atoms with van der Waals surface area (Å²) in [6.45, 7) is 0. The number of aryl methyl sites for hydroxylation is 1. The lowest BCUT2D eigenvalue weighted by Gasteiger charge is -2.12. The summed E-state index contributed by atoms with van der Waals surface area (Å²) in [7, 11) is 1.87. The molecule has 0 bridgehead atoms. The molecule has 3 aromatic heterocycles. The molecule has 0 atom stereocenters. The molecule has 174 valence electrons. The SMILES string of the molecule is Cn1cc(-c2ccn3c(-c4cc(NC(=O)C5CC5)cc(-c5ccc(F)cc5F)c4)cnc3c2)cn1. The lowest BCUT2D eigenvalue weighted by molar-refractivity contribution is -0.117. The van der Waals surface area contributed by atoms with Crippen LogP contribution in [0.3, 0.4) is 0 Å². The molecule has 1 fully saturated rings. The summed E-state index contributed by atoms with van der Waals surface area (Å²) < 4.78 is 31.9. The monoisotopic (exact) mass is 469 g/mol. The third-order valence-electron chi connectivity index (χ3n) is 6.24. The Morgan fingerprint density at radius 1 is 0.971 bits per heavy atom. The maximum Gasteiger partial charge on any atom is 0.227 e. The Hall–Kier alpha value is -4.33.